The molecule has 2 amide bonds. The molecule has 1 heterocycles. The molecule has 0 saturated carbocycles. The predicted octanol–water partition coefficient (Wildman–Crippen LogP) is 2.60. The van der Waals surface area contributed by atoms with Gasteiger partial charge in [0.15, 0.2) is 0 Å². The lowest BCUT2D eigenvalue weighted by atomic mass is 10.1. The van der Waals surface area contributed by atoms with Crippen molar-refractivity contribution in [3.05, 3.63) is 63.6 Å². The molecule has 7 nitrogen and oxygen atoms in total. The summed E-state index contributed by atoms with van der Waals surface area (Å²) < 4.78 is 26.4. The first-order chi connectivity index (χ1) is 13.7. The SMILES string of the molecule is CC(NC(=O)c1ccc(S(=O)(=O)N2CCNC(=O)C2)cc1)c1ccc(Cl)cc1Cl. The zero-order chi connectivity index (χ0) is 21.2. The Morgan fingerprint density at radius 3 is 2.48 bits per heavy atom. The maximum absolute atomic E-state index is 12.7. The molecule has 1 aliphatic rings. The Morgan fingerprint density at radius 1 is 1.17 bits per heavy atom. The molecule has 2 aromatic carbocycles. The first-order valence-corrected chi connectivity index (χ1v) is 11.0. The van der Waals surface area contributed by atoms with Gasteiger partial charge in [0.1, 0.15) is 0 Å². The molecule has 0 spiro atoms. The van der Waals surface area contributed by atoms with Gasteiger partial charge in [-0.3, -0.25) is 9.59 Å². The number of carbonyl (C=O) groups excluding carboxylic acids is 2. The lowest BCUT2D eigenvalue weighted by Gasteiger charge is -2.25. The van der Waals surface area contributed by atoms with Gasteiger partial charge in [-0.05, 0) is 48.9 Å². The molecule has 1 saturated heterocycles. The second-order valence-corrected chi connectivity index (χ2v) is 9.36. The van der Waals surface area contributed by atoms with Gasteiger partial charge < -0.3 is 10.6 Å². The predicted molar refractivity (Wildman–Crippen MR) is 111 cm³/mol. The number of benzene rings is 2. The zero-order valence-corrected chi connectivity index (χ0v) is 17.8. The van der Waals surface area contributed by atoms with Crippen molar-refractivity contribution in [1.29, 1.82) is 0 Å². The molecule has 1 unspecified atom stereocenters. The van der Waals surface area contributed by atoms with Crippen molar-refractivity contribution in [3.8, 4) is 0 Å². The molecular weight excluding hydrogens is 437 g/mol. The molecule has 1 aliphatic heterocycles. The summed E-state index contributed by atoms with van der Waals surface area (Å²) in [5.74, 6) is -0.713. The van der Waals surface area contributed by atoms with Crippen LogP contribution in [-0.2, 0) is 14.8 Å². The van der Waals surface area contributed by atoms with Gasteiger partial charge >= 0.3 is 0 Å². The van der Waals surface area contributed by atoms with Crippen LogP contribution in [0.1, 0.15) is 28.9 Å². The van der Waals surface area contributed by atoms with E-state index in [4.69, 9.17) is 23.2 Å². The van der Waals surface area contributed by atoms with Crippen LogP contribution in [0.4, 0.5) is 0 Å². The maximum atomic E-state index is 12.7. The molecule has 0 radical (unpaired) electrons. The molecule has 0 aliphatic carbocycles. The number of hydrogen-bond donors (Lipinski definition) is 2. The number of nitrogens with one attached hydrogen (secondary N) is 2. The van der Waals surface area contributed by atoms with Gasteiger partial charge in [-0.1, -0.05) is 29.3 Å². The van der Waals surface area contributed by atoms with Crippen LogP contribution in [0, 0.1) is 0 Å². The van der Waals surface area contributed by atoms with E-state index < -0.39 is 10.0 Å². The number of halogens is 2. The molecule has 2 aromatic rings. The van der Waals surface area contributed by atoms with Crippen LogP contribution >= 0.6 is 23.2 Å². The quantitative estimate of drug-likeness (QED) is 0.723. The van der Waals surface area contributed by atoms with E-state index in [1.165, 1.54) is 24.3 Å². The van der Waals surface area contributed by atoms with Gasteiger partial charge in [0.25, 0.3) is 5.91 Å². The van der Waals surface area contributed by atoms with Crippen molar-refractivity contribution in [2.75, 3.05) is 19.6 Å². The number of nitrogens with zero attached hydrogens (tertiary/aromatic N) is 1. The fraction of sp³-hybridized carbons (Fsp3) is 0.263. The molecule has 1 atom stereocenters. The lowest BCUT2D eigenvalue weighted by Crippen LogP contribution is -2.49. The summed E-state index contributed by atoms with van der Waals surface area (Å²) in [6.45, 7) is 2.04. The van der Waals surface area contributed by atoms with Crippen molar-refractivity contribution in [1.82, 2.24) is 14.9 Å². The third kappa shape index (κ3) is 4.90. The van der Waals surface area contributed by atoms with Crippen LogP contribution in [0.2, 0.25) is 10.0 Å². The average molecular weight is 456 g/mol. The zero-order valence-electron chi connectivity index (χ0n) is 15.5. The van der Waals surface area contributed by atoms with Crippen LogP contribution in [0.3, 0.4) is 0 Å². The van der Waals surface area contributed by atoms with E-state index in [1.54, 1.807) is 25.1 Å². The Kier molecular flexibility index (Phi) is 6.48. The number of amides is 2. The molecule has 154 valence electrons. The number of rotatable bonds is 5. The van der Waals surface area contributed by atoms with Crippen LogP contribution < -0.4 is 10.6 Å². The molecule has 3 rings (SSSR count). The third-order valence-corrected chi connectivity index (χ3v) is 6.96. The Labute approximate surface area is 179 Å². The van der Waals surface area contributed by atoms with Crippen LogP contribution in [0.5, 0.6) is 0 Å². The van der Waals surface area contributed by atoms with Gasteiger partial charge in [0, 0.05) is 28.7 Å². The lowest BCUT2D eigenvalue weighted by molar-refractivity contribution is -0.122. The Morgan fingerprint density at radius 2 is 1.86 bits per heavy atom. The summed E-state index contributed by atoms with van der Waals surface area (Å²) >= 11 is 12.1. The van der Waals surface area contributed by atoms with Gasteiger partial charge in [-0.25, -0.2) is 8.42 Å². The van der Waals surface area contributed by atoms with E-state index >= 15 is 0 Å². The van der Waals surface area contributed by atoms with Crippen LogP contribution in [0.15, 0.2) is 47.4 Å². The monoisotopic (exact) mass is 455 g/mol. The summed E-state index contributed by atoms with van der Waals surface area (Å²) in [6.07, 6.45) is 0. The van der Waals surface area contributed by atoms with E-state index in [0.717, 1.165) is 4.31 Å². The van der Waals surface area contributed by atoms with Gasteiger partial charge in [0.05, 0.1) is 17.5 Å². The third-order valence-electron chi connectivity index (χ3n) is 4.53. The van der Waals surface area contributed by atoms with Crippen LogP contribution in [-0.4, -0.2) is 44.2 Å². The number of sulfonamides is 1. The Hall–Kier alpha value is -2.13. The highest BCUT2D eigenvalue weighted by atomic mass is 35.5. The van der Waals surface area contributed by atoms with E-state index in [-0.39, 0.29) is 42.4 Å². The van der Waals surface area contributed by atoms with Crippen molar-refractivity contribution in [2.45, 2.75) is 17.9 Å². The molecular formula is C19H19Cl2N3O4S. The maximum Gasteiger partial charge on any atom is 0.251 e. The minimum Gasteiger partial charge on any atom is -0.354 e. The summed E-state index contributed by atoms with van der Waals surface area (Å²) in [4.78, 5) is 24.0. The topological polar surface area (TPSA) is 95.6 Å². The Balaban J connectivity index is 1.72. The van der Waals surface area contributed by atoms with Crippen molar-refractivity contribution < 1.29 is 18.0 Å². The van der Waals surface area contributed by atoms with Crippen molar-refractivity contribution >= 4 is 45.0 Å². The van der Waals surface area contributed by atoms with Gasteiger partial charge in [0.2, 0.25) is 15.9 Å². The smallest absolute Gasteiger partial charge is 0.251 e. The largest absolute Gasteiger partial charge is 0.354 e. The molecule has 0 aromatic heterocycles. The van der Waals surface area contributed by atoms with Gasteiger partial charge in [-0.15, -0.1) is 0 Å². The molecule has 10 heteroatoms. The van der Waals surface area contributed by atoms with E-state index in [9.17, 15) is 18.0 Å². The van der Waals surface area contributed by atoms with Crippen molar-refractivity contribution in [2.24, 2.45) is 0 Å². The molecule has 0 bridgehead atoms. The second-order valence-electron chi connectivity index (χ2n) is 6.57. The van der Waals surface area contributed by atoms with E-state index in [0.29, 0.717) is 21.2 Å². The summed E-state index contributed by atoms with van der Waals surface area (Å²) in [7, 11) is -3.80. The van der Waals surface area contributed by atoms with Crippen LogP contribution in [0.25, 0.3) is 0 Å². The number of carbonyl (C=O) groups is 2. The first-order valence-electron chi connectivity index (χ1n) is 8.81. The molecule has 1 fully saturated rings. The minimum absolute atomic E-state index is 0.0255. The van der Waals surface area contributed by atoms with E-state index in [2.05, 4.69) is 10.6 Å². The summed E-state index contributed by atoms with van der Waals surface area (Å²) in [6, 6.07) is 10.2. The molecule has 29 heavy (non-hydrogen) atoms. The highest BCUT2D eigenvalue weighted by Gasteiger charge is 2.29. The Bertz CT molecular complexity index is 1040. The average Bonchev–Trinajstić information content (AvgIpc) is 2.68. The highest BCUT2D eigenvalue weighted by Crippen LogP contribution is 2.26. The minimum atomic E-state index is -3.80. The molecule has 2 N–H and O–H groups in total. The summed E-state index contributed by atoms with van der Waals surface area (Å²) in [5, 5.41) is 6.35. The number of piperazine rings is 1. The van der Waals surface area contributed by atoms with Crippen molar-refractivity contribution in [3.63, 3.8) is 0 Å². The second kappa shape index (κ2) is 8.71. The standard InChI is InChI=1S/C19H19Cl2N3O4S/c1-12(16-7-4-14(20)10-17(16)21)23-19(26)13-2-5-15(6-3-13)29(27,28)24-9-8-22-18(25)11-24/h2-7,10,12H,8-9,11H2,1H3,(H,22,25)(H,23,26). The number of hydrogen-bond acceptors (Lipinski definition) is 4. The first kappa shape index (κ1) is 21.6. The summed E-state index contributed by atoms with van der Waals surface area (Å²) in [5.41, 5.74) is 1.02. The highest BCUT2D eigenvalue weighted by molar-refractivity contribution is 7.89. The fourth-order valence-electron chi connectivity index (χ4n) is 2.96. The normalized spacial score (nSPS) is 16.2. The van der Waals surface area contributed by atoms with Gasteiger partial charge in [-0.2, -0.15) is 4.31 Å². The fourth-order valence-corrected chi connectivity index (χ4v) is 4.93. The van der Waals surface area contributed by atoms with E-state index in [1.807, 2.05) is 0 Å².